The van der Waals surface area contributed by atoms with Gasteiger partial charge >= 0.3 is 29.6 Å². The van der Waals surface area contributed by atoms with Crippen LogP contribution in [0.5, 0.6) is 0 Å². The molecule has 0 amide bonds. The van der Waals surface area contributed by atoms with Crippen molar-refractivity contribution in [1.29, 1.82) is 0 Å². The Morgan fingerprint density at radius 1 is 1.23 bits per heavy atom. The van der Waals surface area contributed by atoms with Gasteiger partial charge in [0.15, 0.2) is 0 Å². The second kappa shape index (κ2) is 4.57. The van der Waals surface area contributed by atoms with Crippen LogP contribution in [0.4, 0.5) is 0 Å². The average molecular weight is 210 g/mol. The third kappa shape index (κ3) is 3.40. The Morgan fingerprint density at radius 3 is 2.15 bits per heavy atom. The molecule has 0 aliphatic heterocycles. The van der Waals surface area contributed by atoms with E-state index in [1.54, 1.807) is 26.0 Å². The average Bonchev–Trinajstić information content (AvgIpc) is 1.92. The van der Waals surface area contributed by atoms with E-state index in [-0.39, 0.29) is 34.5 Å². The zero-order chi connectivity index (χ0) is 9.35. The molecule has 13 heavy (non-hydrogen) atoms. The second-order valence-corrected chi connectivity index (χ2v) is 4.13. The van der Waals surface area contributed by atoms with Crippen LogP contribution in [0.2, 0.25) is 0 Å². The van der Waals surface area contributed by atoms with Gasteiger partial charge in [-0.25, -0.2) is 0 Å². The SMILES string of the molecule is Cc1ccc(C)c(S(=O)(=O)O)c1.[NaH]. The van der Waals surface area contributed by atoms with Crippen molar-refractivity contribution in [1.82, 2.24) is 0 Å². The van der Waals surface area contributed by atoms with Crippen LogP contribution in [0.15, 0.2) is 23.1 Å². The topological polar surface area (TPSA) is 54.4 Å². The first-order chi connectivity index (χ1) is 5.41. The summed E-state index contributed by atoms with van der Waals surface area (Å²) in [6.45, 7) is 3.41. The fourth-order valence-corrected chi connectivity index (χ4v) is 1.79. The molecule has 0 aliphatic rings. The van der Waals surface area contributed by atoms with Crippen LogP contribution in [0.25, 0.3) is 0 Å². The molecular weight excluding hydrogens is 199 g/mol. The van der Waals surface area contributed by atoms with E-state index in [1.807, 2.05) is 0 Å². The van der Waals surface area contributed by atoms with Gasteiger partial charge in [-0.3, -0.25) is 4.55 Å². The summed E-state index contributed by atoms with van der Waals surface area (Å²) in [6.07, 6.45) is 0. The number of benzene rings is 1. The first-order valence-corrected chi connectivity index (χ1v) is 4.90. The van der Waals surface area contributed by atoms with E-state index in [0.29, 0.717) is 5.56 Å². The van der Waals surface area contributed by atoms with Crippen LogP contribution in [-0.4, -0.2) is 42.5 Å². The molecule has 0 spiro atoms. The van der Waals surface area contributed by atoms with Crippen molar-refractivity contribution in [3.63, 3.8) is 0 Å². The molecule has 1 aromatic carbocycles. The van der Waals surface area contributed by atoms with Gasteiger partial charge < -0.3 is 0 Å². The van der Waals surface area contributed by atoms with Crippen molar-refractivity contribution in [2.24, 2.45) is 0 Å². The summed E-state index contributed by atoms with van der Waals surface area (Å²) < 4.78 is 30.3. The zero-order valence-electron chi connectivity index (χ0n) is 6.90. The van der Waals surface area contributed by atoms with Gasteiger partial charge in [0.25, 0.3) is 10.1 Å². The van der Waals surface area contributed by atoms with Gasteiger partial charge in [0, 0.05) is 0 Å². The fourth-order valence-electron chi connectivity index (χ4n) is 0.985. The number of hydrogen-bond acceptors (Lipinski definition) is 2. The van der Waals surface area contributed by atoms with Gasteiger partial charge in [-0.2, -0.15) is 8.42 Å². The molecule has 5 heteroatoms. The van der Waals surface area contributed by atoms with Crippen molar-refractivity contribution < 1.29 is 13.0 Å². The molecule has 0 radical (unpaired) electrons. The molecule has 0 heterocycles. The Bertz CT molecular complexity index is 398. The van der Waals surface area contributed by atoms with Gasteiger partial charge in [0.2, 0.25) is 0 Å². The third-order valence-corrected chi connectivity index (χ3v) is 2.62. The van der Waals surface area contributed by atoms with E-state index < -0.39 is 10.1 Å². The molecular formula is C8H11NaO3S. The summed E-state index contributed by atoms with van der Waals surface area (Å²) in [4.78, 5) is -0.0116. The van der Waals surface area contributed by atoms with Gasteiger partial charge in [-0.1, -0.05) is 12.1 Å². The van der Waals surface area contributed by atoms with Crippen LogP contribution in [-0.2, 0) is 10.1 Å². The Kier molecular flexibility index (Phi) is 4.62. The quantitative estimate of drug-likeness (QED) is 0.553. The monoisotopic (exact) mass is 210 g/mol. The van der Waals surface area contributed by atoms with Crippen LogP contribution in [0, 0.1) is 13.8 Å². The normalized spacial score (nSPS) is 10.7. The Morgan fingerprint density at radius 2 is 1.77 bits per heavy atom. The summed E-state index contributed by atoms with van der Waals surface area (Å²) in [7, 11) is -4.06. The first kappa shape index (κ1) is 13.1. The maximum atomic E-state index is 10.8. The van der Waals surface area contributed by atoms with E-state index in [4.69, 9.17) is 4.55 Å². The van der Waals surface area contributed by atoms with Crippen molar-refractivity contribution >= 4 is 39.7 Å². The van der Waals surface area contributed by atoms with E-state index in [1.165, 1.54) is 6.07 Å². The standard InChI is InChI=1S/C8H10O3S.Na.H/c1-6-3-4-7(2)8(5-6)12(9,10)11;;/h3-5H,1-2H3,(H,9,10,11);;. The molecule has 0 unspecified atom stereocenters. The molecule has 0 atom stereocenters. The zero-order valence-corrected chi connectivity index (χ0v) is 7.72. The number of hydrogen-bond donors (Lipinski definition) is 1. The van der Waals surface area contributed by atoms with Gasteiger partial charge in [-0.15, -0.1) is 0 Å². The maximum absolute atomic E-state index is 10.8. The van der Waals surface area contributed by atoms with Gasteiger partial charge in [-0.05, 0) is 31.0 Å². The predicted octanol–water partition coefficient (Wildman–Crippen LogP) is 0.902. The number of rotatable bonds is 1. The molecule has 1 aromatic rings. The molecule has 0 saturated heterocycles. The van der Waals surface area contributed by atoms with Crippen LogP contribution in [0.3, 0.4) is 0 Å². The molecule has 0 saturated carbocycles. The molecule has 0 aliphatic carbocycles. The van der Waals surface area contributed by atoms with Gasteiger partial charge in [0.05, 0.1) is 4.90 Å². The minimum absolute atomic E-state index is 0. The van der Waals surface area contributed by atoms with E-state index in [2.05, 4.69) is 0 Å². The van der Waals surface area contributed by atoms with Crippen molar-refractivity contribution in [2.75, 3.05) is 0 Å². The van der Waals surface area contributed by atoms with Crippen molar-refractivity contribution in [2.45, 2.75) is 18.7 Å². The summed E-state index contributed by atoms with van der Waals surface area (Å²) >= 11 is 0. The Hall–Kier alpha value is 0.130. The molecule has 0 aromatic heterocycles. The van der Waals surface area contributed by atoms with E-state index >= 15 is 0 Å². The van der Waals surface area contributed by atoms with Crippen LogP contribution in [0.1, 0.15) is 11.1 Å². The minimum atomic E-state index is -4.06. The second-order valence-electron chi connectivity index (χ2n) is 2.74. The van der Waals surface area contributed by atoms with E-state index in [0.717, 1.165) is 5.56 Å². The molecule has 0 fully saturated rings. The predicted molar refractivity (Wildman–Crippen MR) is 52.9 cm³/mol. The summed E-state index contributed by atoms with van der Waals surface area (Å²) in [5, 5.41) is 0. The van der Waals surface area contributed by atoms with Gasteiger partial charge in [0.1, 0.15) is 0 Å². The Labute approximate surface area is 100 Å². The number of aryl methyl sites for hydroxylation is 2. The molecule has 68 valence electrons. The molecule has 1 rings (SSSR count). The molecule has 1 N–H and O–H groups in total. The van der Waals surface area contributed by atoms with Crippen LogP contribution < -0.4 is 0 Å². The summed E-state index contributed by atoms with van der Waals surface area (Å²) in [6, 6.07) is 4.91. The third-order valence-electron chi connectivity index (χ3n) is 1.62. The fraction of sp³-hybridized carbons (Fsp3) is 0.250. The first-order valence-electron chi connectivity index (χ1n) is 3.46. The van der Waals surface area contributed by atoms with Crippen molar-refractivity contribution in [3.05, 3.63) is 29.3 Å². The molecule has 3 nitrogen and oxygen atoms in total. The van der Waals surface area contributed by atoms with Crippen LogP contribution >= 0.6 is 0 Å². The summed E-state index contributed by atoms with van der Waals surface area (Å²) in [5.74, 6) is 0. The van der Waals surface area contributed by atoms with E-state index in [9.17, 15) is 8.42 Å². The Balaban J connectivity index is 0.00000144. The molecule has 0 bridgehead atoms. The summed E-state index contributed by atoms with van der Waals surface area (Å²) in [5.41, 5.74) is 1.37. The van der Waals surface area contributed by atoms with Crippen molar-refractivity contribution in [3.8, 4) is 0 Å².